The first-order valence-corrected chi connectivity index (χ1v) is 14.9. The first kappa shape index (κ1) is 29.5. The zero-order valence-electron chi connectivity index (χ0n) is 22.3. The third kappa shape index (κ3) is 7.99. The van der Waals surface area contributed by atoms with Gasteiger partial charge in [-0.05, 0) is 56.4 Å². The Balaban J connectivity index is 1.73. The highest BCUT2D eigenvalue weighted by molar-refractivity contribution is 7.92. The van der Waals surface area contributed by atoms with E-state index in [1.54, 1.807) is 6.92 Å². The molecule has 0 aliphatic heterocycles. The van der Waals surface area contributed by atoms with Crippen molar-refractivity contribution in [3.05, 3.63) is 65.2 Å². The van der Waals surface area contributed by atoms with Crippen LogP contribution in [0, 0.1) is 18.6 Å². The van der Waals surface area contributed by atoms with Crippen molar-refractivity contribution in [3.8, 4) is 0 Å². The Labute approximate surface area is 224 Å². The Morgan fingerprint density at radius 1 is 1.05 bits per heavy atom. The molecule has 0 unspecified atom stereocenters. The molecule has 0 radical (unpaired) electrons. The van der Waals surface area contributed by atoms with Gasteiger partial charge in [0.2, 0.25) is 21.8 Å². The number of nitrogens with one attached hydrogen (secondary N) is 1. The largest absolute Gasteiger partial charge is 0.352 e. The lowest BCUT2D eigenvalue weighted by atomic mass is 9.95. The van der Waals surface area contributed by atoms with Crippen molar-refractivity contribution in [2.24, 2.45) is 0 Å². The molecule has 0 bridgehead atoms. The van der Waals surface area contributed by atoms with Crippen molar-refractivity contribution < 1.29 is 26.8 Å². The summed E-state index contributed by atoms with van der Waals surface area (Å²) in [5.41, 5.74) is 1.89. The third-order valence-electron chi connectivity index (χ3n) is 7.06. The van der Waals surface area contributed by atoms with Crippen LogP contribution in [0.2, 0.25) is 0 Å². The zero-order chi connectivity index (χ0) is 27.9. The number of aryl methyl sites for hydroxylation is 1. The monoisotopic (exact) mass is 549 g/mol. The van der Waals surface area contributed by atoms with Gasteiger partial charge in [0.05, 0.1) is 11.9 Å². The Bertz CT molecular complexity index is 1230. The lowest BCUT2D eigenvalue weighted by molar-refractivity contribution is -0.141. The third-order valence-corrected chi connectivity index (χ3v) is 8.26. The van der Waals surface area contributed by atoms with E-state index >= 15 is 0 Å². The number of anilines is 1. The molecular formula is C28H37F2N3O4S. The van der Waals surface area contributed by atoms with Crippen LogP contribution in [0.3, 0.4) is 0 Å². The van der Waals surface area contributed by atoms with Crippen molar-refractivity contribution in [3.63, 3.8) is 0 Å². The minimum absolute atomic E-state index is 0.0177. The summed E-state index contributed by atoms with van der Waals surface area (Å²) in [7, 11) is -3.81. The fourth-order valence-corrected chi connectivity index (χ4v) is 5.72. The van der Waals surface area contributed by atoms with E-state index in [2.05, 4.69) is 5.32 Å². The van der Waals surface area contributed by atoms with Crippen LogP contribution in [0.1, 0.15) is 63.0 Å². The molecule has 0 aromatic heterocycles. The van der Waals surface area contributed by atoms with E-state index in [0.29, 0.717) is 0 Å². The van der Waals surface area contributed by atoms with Gasteiger partial charge in [0, 0.05) is 31.6 Å². The lowest BCUT2D eigenvalue weighted by Crippen LogP contribution is -2.50. The van der Waals surface area contributed by atoms with Crippen LogP contribution < -0.4 is 9.62 Å². The summed E-state index contributed by atoms with van der Waals surface area (Å²) in [6.45, 7) is 3.79. The summed E-state index contributed by atoms with van der Waals surface area (Å²) in [5.74, 6) is -2.74. The second-order valence-corrected chi connectivity index (χ2v) is 11.9. The minimum Gasteiger partial charge on any atom is -0.352 e. The maximum Gasteiger partial charge on any atom is 0.242 e. The average molecular weight is 550 g/mol. The molecule has 1 aliphatic rings. The van der Waals surface area contributed by atoms with Crippen LogP contribution in [0.15, 0.2) is 42.5 Å². The number of hydrogen-bond acceptors (Lipinski definition) is 4. The molecule has 0 saturated heterocycles. The van der Waals surface area contributed by atoms with E-state index in [1.807, 2.05) is 31.2 Å². The molecule has 7 nitrogen and oxygen atoms in total. The normalized spacial score (nSPS) is 15.1. The van der Waals surface area contributed by atoms with Crippen molar-refractivity contribution in [1.29, 1.82) is 0 Å². The molecule has 38 heavy (non-hydrogen) atoms. The number of amides is 2. The standard InChI is InChI=1S/C28H37F2N3O4S/c1-20-10-7-8-11-22(20)19-32(21(2)28(35)31-23-12-5-4-6-13-23)27(34)14-9-17-33(38(3,36)37)24-15-16-25(29)26(30)18-24/h7-8,10-11,15-16,18,21,23H,4-6,9,12-14,17,19H2,1-3H3,(H,31,35)/t21-/m1/s1. The molecule has 1 N–H and O–H groups in total. The molecule has 0 heterocycles. The van der Waals surface area contributed by atoms with E-state index in [9.17, 15) is 26.8 Å². The first-order valence-electron chi connectivity index (χ1n) is 13.0. The highest BCUT2D eigenvalue weighted by atomic mass is 32.2. The Morgan fingerprint density at radius 2 is 1.74 bits per heavy atom. The maximum atomic E-state index is 13.8. The van der Waals surface area contributed by atoms with Gasteiger partial charge in [-0.25, -0.2) is 17.2 Å². The summed E-state index contributed by atoms with van der Waals surface area (Å²) in [4.78, 5) is 28.1. The van der Waals surface area contributed by atoms with Gasteiger partial charge in [-0.3, -0.25) is 13.9 Å². The molecule has 2 amide bonds. The Kier molecular flexibility index (Phi) is 10.2. The summed E-state index contributed by atoms with van der Waals surface area (Å²) < 4.78 is 52.8. The predicted octanol–water partition coefficient (Wildman–Crippen LogP) is 4.69. The fourth-order valence-electron chi connectivity index (χ4n) is 4.77. The molecule has 10 heteroatoms. The van der Waals surface area contributed by atoms with Crippen LogP contribution in [0.25, 0.3) is 0 Å². The van der Waals surface area contributed by atoms with Crippen molar-refractivity contribution in [2.75, 3.05) is 17.1 Å². The van der Waals surface area contributed by atoms with Crippen LogP contribution >= 0.6 is 0 Å². The Hall–Kier alpha value is -3.01. The summed E-state index contributed by atoms with van der Waals surface area (Å²) in [5, 5.41) is 3.09. The first-order chi connectivity index (χ1) is 18.0. The number of benzene rings is 2. The molecule has 3 rings (SSSR count). The summed E-state index contributed by atoms with van der Waals surface area (Å²) in [6.07, 6.45) is 6.23. The van der Waals surface area contributed by atoms with Gasteiger partial charge >= 0.3 is 0 Å². The number of nitrogens with zero attached hydrogens (tertiary/aromatic N) is 2. The number of carbonyl (C=O) groups is 2. The second-order valence-electron chi connectivity index (χ2n) is 10.0. The van der Waals surface area contributed by atoms with Gasteiger partial charge in [-0.1, -0.05) is 43.5 Å². The quantitative estimate of drug-likeness (QED) is 0.441. The van der Waals surface area contributed by atoms with Gasteiger partial charge < -0.3 is 10.2 Å². The highest BCUT2D eigenvalue weighted by Crippen LogP contribution is 2.22. The van der Waals surface area contributed by atoms with E-state index in [0.717, 1.165) is 65.9 Å². The van der Waals surface area contributed by atoms with Crippen molar-refractivity contribution >= 4 is 27.5 Å². The van der Waals surface area contributed by atoms with Gasteiger partial charge in [-0.2, -0.15) is 0 Å². The van der Waals surface area contributed by atoms with Gasteiger partial charge in [-0.15, -0.1) is 0 Å². The van der Waals surface area contributed by atoms with Gasteiger partial charge in [0.15, 0.2) is 11.6 Å². The second kappa shape index (κ2) is 13.2. The smallest absolute Gasteiger partial charge is 0.242 e. The molecule has 1 saturated carbocycles. The number of sulfonamides is 1. The van der Waals surface area contributed by atoms with Crippen molar-refractivity contribution in [2.45, 2.75) is 77.4 Å². The highest BCUT2D eigenvalue weighted by Gasteiger charge is 2.29. The molecule has 0 spiro atoms. The fraction of sp³-hybridized carbons (Fsp3) is 0.500. The molecule has 208 valence electrons. The maximum absolute atomic E-state index is 13.8. The topological polar surface area (TPSA) is 86.8 Å². The van der Waals surface area contributed by atoms with Crippen LogP contribution in [0.4, 0.5) is 14.5 Å². The van der Waals surface area contributed by atoms with Crippen LogP contribution in [0.5, 0.6) is 0 Å². The molecular weight excluding hydrogens is 512 g/mol. The number of carbonyl (C=O) groups excluding carboxylic acids is 2. The van der Waals surface area contributed by atoms with E-state index < -0.39 is 27.7 Å². The molecule has 1 atom stereocenters. The number of rotatable bonds is 11. The number of hydrogen-bond donors (Lipinski definition) is 1. The minimum atomic E-state index is -3.81. The van der Waals surface area contributed by atoms with Gasteiger partial charge in [0.1, 0.15) is 6.04 Å². The molecule has 2 aromatic rings. The predicted molar refractivity (Wildman–Crippen MR) is 144 cm³/mol. The molecule has 1 aliphatic carbocycles. The average Bonchev–Trinajstić information content (AvgIpc) is 2.87. The van der Waals surface area contributed by atoms with E-state index in [1.165, 1.54) is 11.0 Å². The lowest BCUT2D eigenvalue weighted by Gasteiger charge is -2.32. The summed E-state index contributed by atoms with van der Waals surface area (Å²) in [6, 6.07) is 9.89. The SMILES string of the molecule is Cc1ccccc1CN(C(=O)CCCN(c1ccc(F)c(F)c1)S(C)(=O)=O)[C@H](C)C(=O)NC1CCCCC1. The van der Waals surface area contributed by atoms with E-state index in [4.69, 9.17) is 0 Å². The number of halogens is 2. The molecule has 1 fully saturated rings. The zero-order valence-corrected chi connectivity index (χ0v) is 23.1. The van der Waals surface area contributed by atoms with Gasteiger partial charge in [0.25, 0.3) is 0 Å². The Morgan fingerprint density at radius 3 is 2.37 bits per heavy atom. The van der Waals surface area contributed by atoms with Crippen LogP contribution in [-0.2, 0) is 26.2 Å². The van der Waals surface area contributed by atoms with Crippen molar-refractivity contribution in [1.82, 2.24) is 10.2 Å². The molecule has 2 aromatic carbocycles. The summed E-state index contributed by atoms with van der Waals surface area (Å²) >= 11 is 0. The van der Waals surface area contributed by atoms with Crippen LogP contribution in [-0.4, -0.2) is 50.0 Å². The van der Waals surface area contributed by atoms with E-state index in [-0.39, 0.29) is 49.5 Å².